The summed E-state index contributed by atoms with van der Waals surface area (Å²) < 4.78 is 15.5. The Labute approximate surface area is 246 Å². The third-order valence-corrected chi connectivity index (χ3v) is 8.09. The summed E-state index contributed by atoms with van der Waals surface area (Å²) >= 11 is 0. The summed E-state index contributed by atoms with van der Waals surface area (Å²) in [6, 6.07) is 9.57. The van der Waals surface area contributed by atoms with Gasteiger partial charge in [-0.1, -0.05) is 44.2 Å². The molecule has 4 aliphatic rings. The smallest absolute Gasteiger partial charge is 0.404 e. The van der Waals surface area contributed by atoms with Crippen LogP contribution in [0.15, 0.2) is 30.3 Å². The van der Waals surface area contributed by atoms with E-state index in [9.17, 15) is 14.7 Å². The molecule has 1 spiro atoms. The highest BCUT2D eigenvalue weighted by molar-refractivity contribution is 5.85. The van der Waals surface area contributed by atoms with Crippen LogP contribution in [0.3, 0.4) is 0 Å². The van der Waals surface area contributed by atoms with Crippen molar-refractivity contribution in [2.75, 3.05) is 52.7 Å². The molecule has 9 heteroatoms. The zero-order valence-electron chi connectivity index (χ0n) is 25.3. The normalized spacial score (nSPS) is 22.3. The number of nitrogens with zero attached hydrogens (tertiary/aromatic N) is 1. The Morgan fingerprint density at radius 3 is 2.07 bits per heavy atom. The SMILES string of the molecule is C1CCOC1.C1CCOCC1.CC(C)CN(CCC(Cc1ccccc1)NC(=O)O)C1CC2(CCOCC2)NC1=O. The van der Waals surface area contributed by atoms with Gasteiger partial charge in [-0.3, -0.25) is 9.69 Å². The van der Waals surface area contributed by atoms with Crippen LogP contribution in [0.4, 0.5) is 4.79 Å². The van der Waals surface area contributed by atoms with Gasteiger partial charge in [-0.05, 0) is 75.7 Å². The zero-order chi connectivity index (χ0) is 29.3. The Hall–Kier alpha value is -2.20. The van der Waals surface area contributed by atoms with Gasteiger partial charge in [0.1, 0.15) is 0 Å². The Balaban J connectivity index is 0.000000346. The van der Waals surface area contributed by atoms with Crippen molar-refractivity contribution >= 4 is 12.0 Å². The maximum atomic E-state index is 12.9. The number of carbonyl (C=O) groups is 2. The van der Waals surface area contributed by atoms with Crippen molar-refractivity contribution in [2.45, 2.75) is 95.7 Å². The fourth-order valence-corrected chi connectivity index (χ4v) is 5.91. The van der Waals surface area contributed by atoms with Crippen LogP contribution in [-0.4, -0.2) is 92.4 Å². The lowest BCUT2D eigenvalue weighted by Gasteiger charge is -2.34. The second kappa shape index (κ2) is 18.4. The molecule has 2 amide bonds. The lowest BCUT2D eigenvalue weighted by Crippen LogP contribution is -2.46. The highest BCUT2D eigenvalue weighted by atomic mass is 16.5. The first-order valence-corrected chi connectivity index (χ1v) is 15.7. The van der Waals surface area contributed by atoms with Gasteiger partial charge >= 0.3 is 6.09 Å². The largest absolute Gasteiger partial charge is 0.465 e. The molecule has 4 saturated heterocycles. The minimum atomic E-state index is -1.01. The number of ether oxygens (including phenoxy) is 3. The molecule has 4 fully saturated rings. The zero-order valence-corrected chi connectivity index (χ0v) is 25.3. The van der Waals surface area contributed by atoms with Crippen LogP contribution in [0.2, 0.25) is 0 Å². The standard InChI is InChI=1S/C23H35N3O4.C5H10O.C4H8O/c1-17(2)16-26(20-15-23(25-21(20)27)9-12-30-13-10-23)11-8-19(24-22(28)29)14-18-6-4-3-5-7-18;1-2-4-6-5-3-1;1-2-4-5-3-1/h3-7,17,19-20,24H,8-16H2,1-2H3,(H,25,27)(H,28,29);1-5H2;1-4H2. The van der Waals surface area contributed by atoms with E-state index in [1.807, 2.05) is 30.3 Å². The third kappa shape index (κ3) is 12.7. The van der Waals surface area contributed by atoms with Crippen molar-refractivity contribution in [3.05, 3.63) is 35.9 Å². The van der Waals surface area contributed by atoms with E-state index in [1.165, 1.54) is 32.1 Å². The van der Waals surface area contributed by atoms with Crippen LogP contribution in [0.5, 0.6) is 0 Å². The second-order valence-corrected chi connectivity index (χ2v) is 12.1. The van der Waals surface area contributed by atoms with Crippen molar-refractivity contribution in [1.29, 1.82) is 0 Å². The molecule has 0 aliphatic carbocycles. The van der Waals surface area contributed by atoms with E-state index >= 15 is 0 Å². The fraction of sp³-hybridized carbons (Fsp3) is 0.750. The number of amides is 2. The molecule has 0 radical (unpaired) electrons. The van der Waals surface area contributed by atoms with E-state index in [0.29, 0.717) is 38.5 Å². The predicted molar refractivity (Wildman–Crippen MR) is 160 cm³/mol. The first-order valence-electron chi connectivity index (χ1n) is 15.7. The van der Waals surface area contributed by atoms with Gasteiger partial charge in [-0.2, -0.15) is 0 Å². The molecule has 4 heterocycles. The maximum absolute atomic E-state index is 12.9. The van der Waals surface area contributed by atoms with Gasteiger partial charge in [-0.25, -0.2) is 4.79 Å². The van der Waals surface area contributed by atoms with Crippen LogP contribution >= 0.6 is 0 Å². The van der Waals surface area contributed by atoms with Crippen LogP contribution in [0, 0.1) is 5.92 Å². The highest BCUT2D eigenvalue weighted by Gasteiger charge is 2.47. The van der Waals surface area contributed by atoms with Gasteiger partial charge in [0.2, 0.25) is 5.91 Å². The number of hydrogen-bond donors (Lipinski definition) is 3. The lowest BCUT2D eigenvalue weighted by molar-refractivity contribution is -0.124. The molecular formula is C32H53N3O6. The second-order valence-electron chi connectivity index (χ2n) is 12.1. The molecule has 1 aromatic rings. The number of hydrogen-bond acceptors (Lipinski definition) is 6. The van der Waals surface area contributed by atoms with E-state index < -0.39 is 6.09 Å². The van der Waals surface area contributed by atoms with Crippen LogP contribution in [-0.2, 0) is 25.4 Å². The molecule has 0 aromatic heterocycles. The van der Waals surface area contributed by atoms with Gasteiger partial charge in [0.15, 0.2) is 0 Å². The highest BCUT2D eigenvalue weighted by Crippen LogP contribution is 2.33. The average molecular weight is 576 g/mol. The number of rotatable bonds is 9. The summed E-state index contributed by atoms with van der Waals surface area (Å²) in [6.45, 7) is 11.2. The Bertz CT molecular complexity index is 850. The number of benzene rings is 1. The molecular weight excluding hydrogens is 522 g/mol. The van der Waals surface area contributed by atoms with E-state index in [2.05, 4.69) is 29.4 Å². The van der Waals surface area contributed by atoms with E-state index in [1.54, 1.807) is 0 Å². The number of nitrogens with one attached hydrogen (secondary N) is 2. The maximum Gasteiger partial charge on any atom is 0.404 e. The van der Waals surface area contributed by atoms with Gasteiger partial charge < -0.3 is 30.0 Å². The Morgan fingerprint density at radius 2 is 1.56 bits per heavy atom. The van der Waals surface area contributed by atoms with Gasteiger partial charge in [0.25, 0.3) is 0 Å². The summed E-state index contributed by atoms with van der Waals surface area (Å²) in [4.78, 5) is 26.5. The molecule has 9 nitrogen and oxygen atoms in total. The molecule has 4 aliphatic heterocycles. The summed E-state index contributed by atoms with van der Waals surface area (Å²) in [6.07, 6.45) is 9.31. The fourth-order valence-electron chi connectivity index (χ4n) is 5.91. The monoisotopic (exact) mass is 575 g/mol. The Morgan fingerprint density at radius 1 is 0.976 bits per heavy atom. The van der Waals surface area contributed by atoms with E-state index in [4.69, 9.17) is 14.2 Å². The van der Waals surface area contributed by atoms with Crippen LogP contribution in [0.1, 0.15) is 77.2 Å². The molecule has 41 heavy (non-hydrogen) atoms. The van der Waals surface area contributed by atoms with E-state index in [0.717, 1.165) is 57.8 Å². The first kappa shape index (κ1) is 33.3. The summed E-state index contributed by atoms with van der Waals surface area (Å²) in [5.41, 5.74) is 0.962. The molecule has 5 rings (SSSR count). The van der Waals surface area contributed by atoms with Crippen molar-refractivity contribution in [1.82, 2.24) is 15.5 Å². The molecule has 0 saturated carbocycles. The Kier molecular flexibility index (Phi) is 14.9. The number of carbonyl (C=O) groups excluding carboxylic acids is 1. The molecule has 232 valence electrons. The summed E-state index contributed by atoms with van der Waals surface area (Å²) in [5.74, 6) is 0.521. The minimum Gasteiger partial charge on any atom is -0.465 e. The van der Waals surface area contributed by atoms with Crippen molar-refractivity contribution in [3.63, 3.8) is 0 Å². The van der Waals surface area contributed by atoms with Crippen molar-refractivity contribution in [2.24, 2.45) is 5.92 Å². The van der Waals surface area contributed by atoms with Crippen LogP contribution < -0.4 is 10.6 Å². The van der Waals surface area contributed by atoms with Gasteiger partial charge in [0, 0.05) is 64.3 Å². The summed E-state index contributed by atoms with van der Waals surface area (Å²) in [7, 11) is 0. The van der Waals surface area contributed by atoms with Crippen LogP contribution in [0.25, 0.3) is 0 Å². The quantitative estimate of drug-likeness (QED) is 0.394. The molecule has 1 aromatic carbocycles. The van der Waals surface area contributed by atoms with Gasteiger partial charge in [0.05, 0.1) is 6.04 Å². The molecule has 3 N–H and O–H groups in total. The molecule has 0 bridgehead atoms. The van der Waals surface area contributed by atoms with E-state index in [-0.39, 0.29) is 23.5 Å². The summed E-state index contributed by atoms with van der Waals surface area (Å²) in [5, 5.41) is 15.2. The lowest BCUT2D eigenvalue weighted by atomic mass is 9.87. The first-order chi connectivity index (χ1) is 19.9. The van der Waals surface area contributed by atoms with Crippen molar-refractivity contribution in [3.8, 4) is 0 Å². The minimum absolute atomic E-state index is 0.100. The third-order valence-electron chi connectivity index (χ3n) is 8.09. The predicted octanol–water partition coefficient (Wildman–Crippen LogP) is 4.63. The molecule has 2 unspecified atom stereocenters. The topological polar surface area (TPSA) is 109 Å². The average Bonchev–Trinajstić information content (AvgIpc) is 3.65. The molecule has 2 atom stereocenters. The number of carboxylic acid groups (broad SMARTS) is 1. The van der Waals surface area contributed by atoms with Gasteiger partial charge in [-0.15, -0.1) is 0 Å². The van der Waals surface area contributed by atoms with Crippen molar-refractivity contribution < 1.29 is 28.9 Å².